The highest BCUT2D eigenvalue weighted by atomic mass is 79.9. The lowest BCUT2D eigenvalue weighted by atomic mass is 10.1. The van der Waals surface area contributed by atoms with Gasteiger partial charge in [0.2, 0.25) is 0 Å². The third-order valence-corrected chi connectivity index (χ3v) is 7.78. The minimum Gasteiger partial charge on any atom is -0.333 e. The molecule has 0 saturated carbocycles. The molecule has 2 heterocycles. The Bertz CT molecular complexity index is 1890. The Labute approximate surface area is 235 Å². The Balaban J connectivity index is 1.41. The van der Waals surface area contributed by atoms with Gasteiger partial charge in [0.05, 0.1) is 11.0 Å². The van der Waals surface area contributed by atoms with Gasteiger partial charge >= 0.3 is 0 Å². The molecule has 1 aliphatic heterocycles. The van der Waals surface area contributed by atoms with Gasteiger partial charge in [0.25, 0.3) is 0 Å². The molecular formula is C34H25BrN4. The molecule has 39 heavy (non-hydrogen) atoms. The van der Waals surface area contributed by atoms with Crippen LogP contribution in [0.4, 0.5) is 0 Å². The van der Waals surface area contributed by atoms with Gasteiger partial charge in [-0.05, 0) is 42.0 Å². The monoisotopic (exact) mass is 568 g/mol. The van der Waals surface area contributed by atoms with Crippen molar-refractivity contribution in [1.82, 2.24) is 9.47 Å². The number of hydrogen-bond donors (Lipinski definition) is 0. The molecule has 0 amide bonds. The van der Waals surface area contributed by atoms with Crippen LogP contribution in [0.5, 0.6) is 0 Å². The summed E-state index contributed by atoms with van der Waals surface area (Å²) in [6.07, 6.45) is -0.178. The van der Waals surface area contributed by atoms with Crippen LogP contribution < -0.4 is 0 Å². The van der Waals surface area contributed by atoms with Crippen molar-refractivity contribution < 1.29 is 0 Å². The molecule has 188 valence electrons. The molecule has 0 N–H and O–H groups in total. The van der Waals surface area contributed by atoms with Gasteiger partial charge < -0.3 is 9.47 Å². The first-order chi connectivity index (χ1) is 19.2. The zero-order chi connectivity index (χ0) is 26.3. The molecule has 4 nitrogen and oxygen atoms in total. The molecule has 1 unspecified atom stereocenters. The molecule has 0 bridgehead atoms. The summed E-state index contributed by atoms with van der Waals surface area (Å²) in [5.41, 5.74) is 6.59. The molecule has 0 spiro atoms. The topological polar surface area (TPSA) is 32.9 Å². The maximum absolute atomic E-state index is 5.18. The minimum absolute atomic E-state index is 0.178. The highest BCUT2D eigenvalue weighted by Crippen LogP contribution is 2.34. The smallest absolute Gasteiger partial charge is 0.159 e. The van der Waals surface area contributed by atoms with Crippen molar-refractivity contribution in [1.29, 1.82) is 0 Å². The summed E-state index contributed by atoms with van der Waals surface area (Å²) < 4.78 is 3.40. The summed E-state index contributed by atoms with van der Waals surface area (Å²) in [5.74, 6) is 1.63. The SMILES string of the molecule is CN1C(c2ccccc2)=NC(c2cccc(-n3c4ccccc4c4cc(Br)ccc43)c2)=NC1c1ccccc1. The standard InChI is InChI=1S/C34H25BrN4/c1-38-33(23-11-4-2-5-12-23)36-32(37-34(38)24-13-6-3-7-14-24)25-15-10-16-27(21-25)39-30-18-9-8-17-28(30)29-22-26(35)19-20-31(29)39/h2-22,33H,1H3. The van der Waals surface area contributed by atoms with E-state index < -0.39 is 0 Å². The number of halogens is 1. The van der Waals surface area contributed by atoms with Crippen LogP contribution in [0.15, 0.2) is 142 Å². The van der Waals surface area contributed by atoms with E-state index in [1.54, 1.807) is 0 Å². The second-order valence-corrected chi connectivity index (χ2v) is 10.6. The number of aromatic nitrogens is 1. The Morgan fingerprint density at radius 3 is 2.15 bits per heavy atom. The molecule has 5 aromatic carbocycles. The van der Waals surface area contributed by atoms with Crippen LogP contribution in [0, 0.1) is 0 Å². The normalized spacial score (nSPS) is 15.4. The molecule has 0 saturated heterocycles. The van der Waals surface area contributed by atoms with E-state index in [1.165, 1.54) is 16.3 Å². The van der Waals surface area contributed by atoms with E-state index in [4.69, 9.17) is 9.98 Å². The zero-order valence-corrected chi connectivity index (χ0v) is 23.0. The molecule has 1 atom stereocenters. The number of hydrogen-bond acceptors (Lipinski definition) is 3. The highest BCUT2D eigenvalue weighted by molar-refractivity contribution is 9.10. The van der Waals surface area contributed by atoms with E-state index in [-0.39, 0.29) is 6.17 Å². The van der Waals surface area contributed by atoms with Crippen molar-refractivity contribution in [2.24, 2.45) is 9.98 Å². The van der Waals surface area contributed by atoms with Crippen molar-refractivity contribution in [2.75, 3.05) is 7.05 Å². The van der Waals surface area contributed by atoms with Crippen LogP contribution in [-0.4, -0.2) is 28.2 Å². The Morgan fingerprint density at radius 1 is 0.641 bits per heavy atom. The summed E-state index contributed by atoms with van der Waals surface area (Å²) in [6, 6.07) is 44.4. The van der Waals surface area contributed by atoms with Crippen LogP contribution in [0.3, 0.4) is 0 Å². The molecule has 0 fully saturated rings. The third-order valence-electron chi connectivity index (χ3n) is 7.28. The van der Waals surface area contributed by atoms with Crippen LogP contribution in [0.1, 0.15) is 22.9 Å². The average molecular weight is 570 g/mol. The van der Waals surface area contributed by atoms with E-state index in [2.05, 4.69) is 148 Å². The summed E-state index contributed by atoms with van der Waals surface area (Å²) in [5, 5.41) is 2.44. The van der Waals surface area contributed by atoms with Gasteiger partial charge in [0.15, 0.2) is 5.84 Å². The fourth-order valence-electron chi connectivity index (χ4n) is 5.45. The molecular weight excluding hydrogens is 544 g/mol. The highest BCUT2D eigenvalue weighted by Gasteiger charge is 2.26. The van der Waals surface area contributed by atoms with E-state index in [1.807, 2.05) is 12.1 Å². The number of nitrogens with zero attached hydrogens (tertiary/aromatic N) is 4. The second kappa shape index (κ2) is 9.68. The fraction of sp³-hybridized carbons (Fsp3) is 0.0588. The average Bonchev–Trinajstić information content (AvgIpc) is 3.32. The lowest BCUT2D eigenvalue weighted by Gasteiger charge is -2.32. The Morgan fingerprint density at radius 2 is 1.33 bits per heavy atom. The Kier molecular flexibility index (Phi) is 5.86. The first kappa shape index (κ1) is 23.6. The largest absolute Gasteiger partial charge is 0.333 e. The van der Waals surface area contributed by atoms with Crippen molar-refractivity contribution in [3.05, 3.63) is 149 Å². The van der Waals surface area contributed by atoms with Crippen LogP contribution in [-0.2, 0) is 0 Å². The molecule has 1 aromatic heterocycles. The number of fused-ring (bicyclic) bond motifs is 3. The number of rotatable bonds is 4. The summed E-state index contributed by atoms with van der Waals surface area (Å²) in [4.78, 5) is 12.4. The first-order valence-corrected chi connectivity index (χ1v) is 13.8. The Hall–Kier alpha value is -4.48. The molecule has 0 radical (unpaired) electrons. The van der Waals surface area contributed by atoms with E-state index in [0.717, 1.165) is 44.0 Å². The quantitative estimate of drug-likeness (QED) is 0.210. The number of aliphatic imine (C=N–C) groups is 2. The molecule has 0 aliphatic carbocycles. The van der Waals surface area contributed by atoms with Gasteiger partial charge in [-0.3, -0.25) is 0 Å². The maximum Gasteiger partial charge on any atom is 0.159 e. The number of benzene rings is 5. The molecule has 7 rings (SSSR count). The van der Waals surface area contributed by atoms with Gasteiger partial charge in [-0.15, -0.1) is 0 Å². The van der Waals surface area contributed by atoms with E-state index in [0.29, 0.717) is 0 Å². The van der Waals surface area contributed by atoms with Crippen molar-refractivity contribution in [3.8, 4) is 5.69 Å². The van der Waals surface area contributed by atoms with Crippen molar-refractivity contribution in [2.45, 2.75) is 6.17 Å². The van der Waals surface area contributed by atoms with Crippen LogP contribution in [0.25, 0.3) is 27.5 Å². The van der Waals surface area contributed by atoms with Crippen LogP contribution in [0.2, 0.25) is 0 Å². The number of para-hydroxylation sites is 1. The second-order valence-electron chi connectivity index (χ2n) is 9.71. The minimum atomic E-state index is -0.178. The number of amidine groups is 2. The van der Waals surface area contributed by atoms with Gasteiger partial charge in [0, 0.05) is 39.1 Å². The third kappa shape index (κ3) is 4.16. The van der Waals surface area contributed by atoms with Gasteiger partial charge in [-0.1, -0.05) is 107 Å². The van der Waals surface area contributed by atoms with Crippen LogP contribution >= 0.6 is 15.9 Å². The molecule has 1 aliphatic rings. The maximum atomic E-state index is 5.18. The molecule has 5 heteroatoms. The predicted octanol–water partition coefficient (Wildman–Crippen LogP) is 8.38. The predicted molar refractivity (Wildman–Crippen MR) is 165 cm³/mol. The summed E-state index contributed by atoms with van der Waals surface area (Å²) >= 11 is 3.66. The van der Waals surface area contributed by atoms with E-state index >= 15 is 0 Å². The van der Waals surface area contributed by atoms with Crippen molar-refractivity contribution >= 4 is 49.4 Å². The summed E-state index contributed by atoms with van der Waals surface area (Å²) in [6.45, 7) is 0. The summed E-state index contributed by atoms with van der Waals surface area (Å²) in [7, 11) is 2.07. The van der Waals surface area contributed by atoms with Crippen molar-refractivity contribution in [3.63, 3.8) is 0 Å². The van der Waals surface area contributed by atoms with Gasteiger partial charge in [-0.25, -0.2) is 9.98 Å². The first-order valence-electron chi connectivity index (χ1n) is 13.0. The lowest BCUT2D eigenvalue weighted by Crippen LogP contribution is -2.35. The molecule has 6 aromatic rings. The fourth-order valence-corrected chi connectivity index (χ4v) is 5.81. The lowest BCUT2D eigenvalue weighted by molar-refractivity contribution is 0.383. The van der Waals surface area contributed by atoms with Gasteiger partial charge in [0.1, 0.15) is 12.0 Å². The van der Waals surface area contributed by atoms with E-state index in [9.17, 15) is 0 Å². The van der Waals surface area contributed by atoms with Gasteiger partial charge in [-0.2, -0.15) is 0 Å². The zero-order valence-electron chi connectivity index (χ0n) is 21.4.